The van der Waals surface area contributed by atoms with Crippen molar-refractivity contribution in [3.63, 3.8) is 0 Å². The number of carbonyl (C=O) groups is 2. The van der Waals surface area contributed by atoms with Gasteiger partial charge in [-0.25, -0.2) is 0 Å². The summed E-state index contributed by atoms with van der Waals surface area (Å²) in [6.45, 7) is 4.09. The van der Waals surface area contributed by atoms with Crippen LogP contribution in [0.5, 0.6) is 0 Å². The van der Waals surface area contributed by atoms with Crippen LogP contribution in [0.2, 0.25) is 0 Å². The van der Waals surface area contributed by atoms with Crippen LogP contribution >= 0.6 is 0 Å². The molecule has 6 heteroatoms. The Balaban J connectivity index is 2.59. The van der Waals surface area contributed by atoms with Crippen LogP contribution < -0.4 is 11.1 Å². The van der Waals surface area contributed by atoms with E-state index in [9.17, 15) is 9.59 Å². The van der Waals surface area contributed by atoms with Gasteiger partial charge in [0, 0.05) is 13.6 Å². The minimum Gasteiger partial charge on any atom is -0.480 e. The number of nitrogens with two attached hydrogens (primary N) is 1. The van der Waals surface area contributed by atoms with Crippen molar-refractivity contribution >= 4 is 11.9 Å². The van der Waals surface area contributed by atoms with Crippen LogP contribution in [0.15, 0.2) is 12.4 Å². The first-order chi connectivity index (χ1) is 6.91. The maximum atomic E-state index is 11.5. The maximum Gasteiger partial charge on any atom is 0.320 e. The van der Waals surface area contributed by atoms with Crippen molar-refractivity contribution in [2.75, 3.05) is 13.6 Å². The number of nitrogens with one attached hydrogen (secondary N) is 1. The van der Waals surface area contributed by atoms with Crippen molar-refractivity contribution < 1.29 is 14.7 Å². The topological polar surface area (TPSA) is 95.7 Å². The van der Waals surface area contributed by atoms with Gasteiger partial charge in [0.15, 0.2) is 0 Å². The number of carboxylic acids is 1. The fourth-order valence-electron chi connectivity index (χ4n) is 1.45. The molecule has 2 atom stereocenters. The van der Waals surface area contributed by atoms with E-state index >= 15 is 0 Å². The number of hydrogen-bond acceptors (Lipinski definition) is 4. The second kappa shape index (κ2) is 4.31. The van der Waals surface area contributed by atoms with Crippen LogP contribution in [-0.4, -0.2) is 41.5 Å². The summed E-state index contributed by atoms with van der Waals surface area (Å²) >= 11 is 0. The highest BCUT2D eigenvalue weighted by molar-refractivity contribution is 5.82. The van der Waals surface area contributed by atoms with Crippen molar-refractivity contribution in [3.8, 4) is 0 Å². The molecule has 0 aromatic rings. The molecule has 0 radical (unpaired) electrons. The van der Waals surface area contributed by atoms with Crippen molar-refractivity contribution in [2.24, 2.45) is 11.7 Å². The van der Waals surface area contributed by atoms with Gasteiger partial charge in [0.05, 0.1) is 5.92 Å². The first kappa shape index (κ1) is 11.5. The van der Waals surface area contributed by atoms with Crippen LogP contribution in [0, 0.1) is 5.92 Å². The van der Waals surface area contributed by atoms with E-state index in [1.807, 2.05) is 0 Å². The van der Waals surface area contributed by atoms with Crippen LogP contribution in [-0.2, 0) is 9.59 Å². The van der Waals surface area contributed by atoms with E-state index in [1.54, 1.807) is 11.9 Å². The Labute approximate surface area is 87.7 Å². The molecule has 0 spiro atoms. The van der Waals surface area contributed by atoms with E-state index < -0.39 is 17.9 Å². The Morgan fingerprint density at radius 2 is 2.47 bits per heavy atom. The van der Waals surface area contributed by atoms with Crippen LogP contribution in [0.4, 0.5) is 0 Å². The molecule has 1 aliphatic heterocycles. The molecule has 1 fully saturated rings. The Morgan fingerprint density at radius 1 is 1.87 bits per heavy atom. The molecule has 0 bridgehead atoms. The average Bonchev–Trinajstić information content (AvgIpc) is 2.13. The lowest BCUT2D eigenvalue weighted by Crippen LogP contribution is -2.49. The van der Waals surface area contributed by atoms with E-state index in [0.717, 1.165) is 0 Å². The largest absolute Gasteiger partial charge is 0.480 e. The van der Waals surface area contributed by atoms with Crippen molar-refractivity contribution in [1.82, 2.24) is 10.2 Å². The molecule has 1 amide bonds. The van der Waals surface area contributed by atoms with Crippen molar-refractivity contribution in [1.29, 1.82) is 0 Å². The predicted octanol–water partition coefficient (Wildman–Crippen LogP) is -1.06. The Kier molecular flexibility index (Phi) is 3.31. The molecule has 1 aliphatic rings. The van der Waals surface area contributed by atoms with E-state index in [4.69, 9.17) is 10.8 Å². The number of aliphatic carboxylic acids is 1. The Bertz CT molecular complexity index is 303. The van der Waals surface area contributed by atoms with Gasteiger partial charge in [-0.15, -0.1) is 0 Å². The van der Waals surface area contributed by atoms with Gasteiger partial charge in [-0.2, -0.15) is 0 Å². The predicted molar refractivity (Wildman–Crippen MR) is 53.6 cm³/mol. The first-order valence-corrected chi connectivity index (χ1v) is 4.61. The van der Waals surface area contributed by atoms with Gasteiger partial charge in [-0.05, 0) is 6.42 Å². The first-order valence-electron chi connectivity index (χ1n) is 4.61. The zero-order valence-electron chi connectivity index (χ0n) is 8.56. The van der Waals surface area contributed by atoms with E-state index in [1.165, 1.54) is 0 Å². The third-order valence-electron chi connectivity index (χ3n) is 2.45. The summed E-state index contributed by atoms with van der Waals surface area (Å²) in [7, 11) is 1.78. The minimum absolute atomic E-state index is 0.138. The number of carboxylic acid groups (broad SMARTS) is 1. The zero-order valence-corrected chi connectivity index (χ0v) is 8.56. The summed E-state index contributed by atoms with van der Waals surface area (Å²) in [4.78, 5) is 23.8. The maximum absolute atomic E-state index is 11.5. The van der Waals surface area contributed by atoms with Gasteiger partial charge in [0.2, 0.25) is 5.91 Å². The summed E-state index contributed by atoms with van der Waals surface area (Å²) < 4.78 is 0. The van der Waals surface area contributed by atoms with Crippen LogP contribution in [0.3, 0.4) is 0 Å². The Morgan fingerprint density at radius 3 is 3.00 bits per heavy atom. The molecule has 6 nitrogen and oxygen atoms in total. The summed E-state index contributed by atoms with van der Waals surface area (Å²) in [5.74, 6) is -1.17. The summed E-state index contributed by atoms with van der Waals surface area (Å²) in [6, 6.07) is -1.000. The monoisotopic (exact) mass is 213 g/mol. The Hall–Kier alpha value is -1.56. The third-order valence-corrected chi connectivity index (χ3v) is 2.45. The molecule has 2 unspecified atom stereocenters. The van der Waals surface area contributed by atoms with Gasteiger partial charge in [0.1, 0.15) is 11.9 Å². The molecule has 1 saturated heterocycles. The van der Waals surface area contributed by atoms with Crippen molar-refractivity contribution in [2.45, 2.75) is 12.5 Å². The molecular formula is C9H15N3O3. The second-order valence-electron chi connectivity index (χ2n) is 3.69. The summed E-state index contributed by atoms with van der Waals surface area (Å²) in [5, 5.41) is 11.2. The lowest BCUT2D eigenvalue weighted by atomic mass is 9.97. The summed E-state index contributed by atoms with van der Waals surface area (Å²) in [6.07, 6.45) is 0.138. The lowest BCUT2D eigenvalue weighted by Gasteiger charge is -2.33. The number of rotatable bonds is 3. The number of nitrogens with zero attached hydrogens (tertiary/aromatic N) is 1. The van der Waals surface area contributed by atoms with Gasteiger partial charge >= 0.3 is 5.97 Å². The van der Waals surface area contributed by atoms with Gasteiger partial charge < -0.3 is 21.1 Å². The average molecular weight is 213 g/mol. The standard InChI is InChI=1S/C9H15N3O3/c1-5-11-8(13)6(4-12(5)2)3-7(10)9(14)15/h6-7H,1,3-4,10H2,2H3,(H,11,13)(H,14,15). The molecule has 84 valence electrons. The highest BCUT2D eigenvalue weighted by Crippen LogP contribution is 2.15. The number of amides is 1. The quantitative estimate of drug-likeness (QED) is 0.555. The SMILES string of the molecule is C=C1NC(=O)C(CC(N)C(=O)O)CN1C. The van der Waals surface area contributed by atoms with Gasteiger partial charge in [-0.1, -0.05) is 6.58 Å². The number of hydrogen-bond donors (Lipinski definition) is 3. The molecule has 0 aliphatic carbocycles. The van der Waals surface area contributed by atoms with Crippen LogP contribution in [0.25, 0.3) is 0 Å². The van der Waals surface area contributed by atoms with Gasteiger partial charge in [0.25, 0.3) is 0 Å². The van der Waals surface area contributed by atoms with Crippen LogP contribution in [0.1, 0.15) is 6.42 Å². The summed E-state index contributed by atoms with van der Waals surface area (Å²) in [5.41, 5.74) is 5.37. The minimum atomic E-state index is -1.09. The van der Waals surface area contributed by atoms with E-state index in [-0.39, 0.29) is 12.3 Å². The fourth-order valence-corrected chi connectivity index (χ4v) is 1.45. The van der Waals surface area contributed by atoms with E-state index in [0.29, 0.717) is 12.4 Å². The molecule has 0 aromatic carbocycles. The molecule has 4 N–H and O–H groups in total. The normalized spacial score (nSPS) is 23.6. The van der Waals surface area contributed by atoms with E-state index in [2.05, 4.69) is 11.9 Å². The molecular weight excluding hydrogens is 198 g/mol. The van der Waals surface area contributed by atoms with Crippen molar-refractivity contribution in [3.05, 3.63) is 12.4 Å². The molecule has 0 aromatic heterocycles. The molecule has 1 rings (SSSR count). The third kappa shape index (κ3) is 2.69. The molecule has 0 saturated carbocycles. The highest BCUT2D eigenvalue weighted by Gasteiger charge is 2.30. The lowest BCUT2D eigenvalue weighted by molar-refractivity contribution is -0.139. The van der Waals surface area contributed by atoms with Gasteiger partial charge in [-0.3, -0.25) is 9.59 Å². The zero-order chi connectivity index (χ0) is 11.6. The smallest absolute Gasteiger partial charge is 0.320 e. The molecule has 15 heavy (non-hydrogen) atoms. The second-order valence-corrected chi connectivity index (χ2v) is 3.69. The fraction of sp³-hybridized carbons (Fsp3) is 0.556. The highest BCUT2D eigenvalue weighted by atomic mass is 16.4. The molecule has 1 heterocycles. The number of carbonyl (C=O) groups excluding carboxylic acids is 1.